The Labute approximate surface area is 148 Å². The maximum absolute atomic E-state index is 6.27. The van der Waals surface area contributed by atoms with Crippen molar-refractivity contribution in [2.75, 3.05) is 25.9 Å². The van der Waals surface area contributed by atoms with E-state index < -0.39 is 0 Å². The fourth-order valence-electron chi connectivity index (χ4n) is 2.18. The van der Waals surface area contributed by atoms with Gasteiger partial charge in [-0.3, -0.25) is 4.99 Å². The van der Waals surface area contributed by atoms with Crippen LogP contribution in [0.1, 0.15) is 12.5 Å². The first-order chi connectivity index (χ1) is 11.5. The number of aliphatic imine (C=N–C) groups is 1. The van der Waals surface area contributed by atoms with E-state index in [9.17, 15) is 0 Å². The third-order valence-corrected chi connectivity index (χ3v) is 3.85. The SMILES string of the molecule is C=C(NC1=CC(Cc2ccc(N)cc2Cl)=CC=NC1)ON(C)CC. The summed E-state index contributed by atoms with van der Waals surface area (Å²) in [6.07, 6.45) is 6.51. The van der Waals surface area contributed by atoms with Crippen molar-refractivity contribution < 1.29 is 4.84 Å². The first-order valence-corrected chi connectivity index (χ1v) is 8.14. The first-order valence-electron chi connectivity index (χ1n) is 7.76. The zero-order valence-corrected chi connectivity index (χ0v) is 14.8. The van der Waals surface area contributed by atoms with E-state index >= 15 is 0 Å². The summed E-state index contributed by atoms with van der Waals surface area (Å²) in [6.45, 7) is 7.18. The number of hydroxylamine groups is 2. The molecule has 1 heterocycles. The van der Waals surface area contributed by atoms with Crippen molar-refractivity contribution in [3.8, 4) is 0 Å². The van der Waals surface area contributed by atoms with Gasteiger partial charge in [0.05, 0.1) is 6.54 Å². The molecule has 3 N–H and O–H groups in total. The molecule has 2 rings (SSSR count). The van der Waals surface area contributed by atoms with Crippen LogP contribution >= 0.6 is 11.6 Å². The van der Waals surface area contributed by atoms with Crippen molar-refractivity contribution in [1.29, 1.82) is 0 Å². The number of halogens is 1. The molecule has 1 aliphatic heterocycles. The summed E-state index contributed by atoms with van der Waals surface area (Å²) in [5.74, 6) is 0.465. The Morgan fingerprint density at radius 2 is 2.29 bits per heavy atom. The van der Waals surface area contributed by atoms with Gasteiger partial charge in [-0.05, 0) is 55.3 Å². The van der Waals surface area contributed by atoms with Crippen molar-refractivity contribution in [3.05, 3.63) is 64.7 Å². The van der Waals surface area contributed by atoms with Crippen molar-refractivity contribution in [2.45, 2.75) is 13.3 Å². The number of rotatable bonds is 7. The van der Waals surface area contributed by atoms with Crippen molar-refractivity contribution in [1.82, 2.24) is 10.4 Å². The molecular formula is C18H23ClN4O. The zero-order chi connectivity index (χ0) is 17.5. The van der Waals surface area contributed by atoms with Gasteiger partial charge in [-0.25, -0.2) is 0 Å². The van der Waals surface area contributed by atoms with E-state index in [0.29, 0.717) is 29.6 Å². The van der Waals surface area contributed by atoms with Crippen LogP contribution in [0, 0.1) is 0 Å². The van der Waals surface area contributed by atoms with E-state index in [1.165, 1.54) is 0 Å². The molecular weight excluding hydrogens is 324 g/mol. The molecule has 0 unspecified atom stereocenters. The number of nitrogens with one attached hydrogen (secondary N) is 1. The van der Waals surface area contributed by atoms with Crippen LogP contribution in [0.2, 0.25) is 5.02 Å². The third-order valence-electron chi connectivity index (χ3n) is 3.50. The third kappa shape index (κ3) is 5.44. The summed E-state index contributed by atoms with van der Waals surface area (Å²) >= 11 is 6.27. The minimum Gasteiger partial charge on any atom is -0.399 e. The van der Waals surface area contributed by atoms with Crippen LogP contribution in [0.4, 0.5) is 5.69 Å². The molecule has 0 saturated carbocycles. The van der Waals surface area contributed by atoms with Gasteiger partial charge >= 0.3 is 0 Å². The average Bonchev–Trinajstić information content (AvgIpc) is 2.75. The topological polar surface area (TPSA) is 62.9 Å². The number of hydrogen-bond acceptors (Lipinski definition) is 5. The van der Waals surface area contributed by atoms with Gasteiger partial charge in [0.2, 0.25) is 5.88 Å². The molecule has 0 radical (unpaired) electrons. The zero-order valence-electron chi connectivity index (χ0n) is 14.1. The predicted octanol–water partition coefficient (Wildman–Crippen LogP) is 3.30. The van der Waals surface area contributed by atoms with E-state index in [1.807, 2.05) is 38.3 Å². The second kappa shape index (κ2) is 8.57. The predicted molar refractivity (Wildman–Crippen MR) is 101 cm³/mol. The van der Waals surface area contributed by atoms with E-state index in [2.05, 4.69) is 16.9 Å². The maximum atomic E-state index is 6.27. The number of nitrogens with two attached hydrogens (primary N) is 1. The lowest BCUT2D eigenvalue weighted by molar-refractivity contribution is -0.0980. The summed E-state index contributed by atoms with van der Waals surface area (Å²) in [7, 11) is 1.85. The van der Waals surface area contributed by atoms with Crippen LogP contribution in [0.5, 0.6) is 0 Å². The number of nitrogens with zero attached hydrogens (tertiary/aromatic N) is 2. The van der Waals surface area contributed by atoms with Gasteiger partial charge < -0.3 is 15.9 Å². The fraction of sp³-hybridized carbons (Fsp3) is 0.278. The minimum atomic E-state index is 0.465. The molecule has 128 valence electrons. The molecule has 1 aromatic rings. The van der Waals surface area contributed by atoms with Gasteiger partial charge in [0.1, 0.15) is 0 Å². The Morgan fingerprint density at radius 1 is 1.50 bits per heavy atom. The highest BCUT2D eigenvalue weighted by molar-refractivity contribution is 6.31. The van der Waals surface area contributed by atoms with Crippen LogP contribution in [0.25, 0.3) is 0 Å². The van der Waals surface area contributed by atoms with E-state index in [1.54, 1.807) is 17.3 Å². The van der Waals surface area contributed by atoms with Crippen molar-refractivity contribution in [2.24, 2.45) is 4.99 Å². The van der Waals surface area contributed by atoms with Crippen LogP contribution in [-0.4, -0.2) is 31.4 Å². The number of nitrogen functional groups attached to an aromatic ring is 1. The molecule has 1 aliphatic rings. The Bertz CT molecular complexity index is 694. The highest BCUT2D eigenvalue weighted by Crippen LogP contribution is 2.23. The standard InChI is InChI=1S/C18H23ClN4O/c1-4-23(3)24-13(2)22-17-10-14(7-8-21-12-17)9-15-5-6-16(20)11-18(15)19/h5-8,10-11,22H,2,4,9,12,20H2,1,3H3. The van der Waals surface area contributed by atoms with Crippen LogP contribution in [0.15, 0.2) is 59.1 Å². The second-order valence-corrected chi connectivity index (χ2v) is 5.92. The molecule has 0 amide bonds. The molecule has 6 heteroatoms. The largest absolute Gasteiger partial charge is 0.399 e. The Hall–Kier alpha value is -2.24. The molecule has 1 aromatic carbocycles. The quantitative estimate of drug-likeness (QED) is 0.451. The summed E-state index contributed by atoms with van der Waals surface area (Å²) in [5.41, 5.74) is 9.42. The van der Waals surface area contributed by atoms with E-state index in [-0.39, 0.29) is 0 Å². The Morgan fingerprint density at radius 3 is 3.00 bits per heavy atom. The molecule has 0 aliphatic carbocycles. The molecule has 0 saturated heterocycles. The van der Waals surface area contributed by atoms with Gasteiger partial charge in [0.15, 0.2) is 0 Å². The molecule has 5 nitrogen and oxygen atoms in total. The highest BCUT2D eigenvalue weighted by atomic mass is 35.5. The highest BCUT2D eigenvalue weighted by Gasteiger charge is 2.08. The summed E-state index contributed by atoms with van der Waals surface area (Å²) in [5, 5.41) is 5.52. The van der Waals surface area contributed by atoms with Crippen LogP contribution in [-0.2, 0) is 11.3 Å². The maximum Gasteiger partial charge on any atom is 0.209 e. The lowest BCUT2D eigenvalue weighted by Gasteiger charge is -2.19. The summed E-state index contributed by atoms with van der Waals surface area (Å²) < 4.78 is 0. The normalized spacial score (nSPS) is 14.0. The summed E-state index contributed by atoms with van der Waals surface area (Å²) in [4.78, 5) is 9.85. The monoisotopic (exact) mass is 346 g/mol. The number of allylic oxidation sites excluding steroid dienone is 3. The van der Waals surface area contributed by atoms with Gasteiger partial charge in [-0.15, -0.1) is 5.06 Å². The van der Waals surface area contributed by atoms with E-state index in [4.69, 9.17) is 22.2 Å². The first kappa shape index (κ1) is 18.1. The molecule has 0 fully saturated rings. The molecule has 0 spiro atoms. The van der Waals surface area contributed by atoms with Crippen molar-refractivity contribution in [3.63, 3.8) is 0 Å². The van der Waals surface area contributed by atoms with Gasteiger partial charge in [0, 0.05) is 36.2 Å². The lowest BCUT2D eigenvalue weighted by Crippen LogP contribution is -2.24. The molecule has 0 atom stereocenters. The van der Waals surface area contributed by atoms with Gasteiger partial charge in [-0.2, -0.15) is 0 Å². The average molecular weight is 347 g/mol. The molecule has 0 aromatic heterocycles. The van der Waals surface area contributed by atoms with Gasteiger partial charge in [-0.1, -0.05) is 17.7 Å². The van der Waals surface area contributed by atoms with Crippen molar-refractivity contribution >= 4 is 23.5 Å². The number of anilines is 1. The van der Waals surface area contributed by atoms with Gasteiger partial charge in [0.25, 0.3) is 0 Å². The van der Waals surface area contributed by atoms with Crippen LogP contribution < -0.4 is 11.1 Å². The smallest absolute Gasteiger partial charge is 0.209 e. The minimum absolute atomic E-state index is 0.465. The fourth-order valence-corrected chi connectivity index (χ4v) is 2.44. The number of benzene rings is 1. The van der Waals surface area contributed by atoms with E-state index in [0.717, 1.165) is 23.4 Å². The number of hydrogen-bond donors (Lipinski definition) is 2. The Kier molecular flexibility index (Phi) is 6.46. The second-order valence-electron chi connectivity index (χ2n) is 5.51. The summed E-state index contributed by atoms with van der Waals surface area (Å²) in [6, 6.07) is 5.56. The Balaban J connectivity index is 2.08. The molecule has 0 bridgehead atoms. The van der Waals surface area contributed by atoms with Crippen LogP contribution in [0.3, 0.4) is 0 Å². The molecule has 24 heavy (non-hydrogen) atoms. The lowest BCUT2D eigenvalue weighted by atomic mass is 10.0.